The van der Waals surface area contributed by atoms with Gasteiger partial charge >= 0.3 is 0 Å². The van der Waals surface area contributed by atoms with Crippen LogP contribution in [0.3, 0.4) is 0 Å². The van der Waals surface area contributed by atoms with Crippen molar-refractivity contribution in [2.24, 2.45) is 13.0 Å². The van der Waals surface area contributed by atoms with Gasteiger partial charge in [0.25, 0.3) is 0 Å². The largest absolute Gasteiger partial charge is 0.337 e. The van der Waals surface area contributed by atoms with E-state index in [4.69, 9.17) is 5.26 Å². The molecule has 0 spiro atoms. The molecule has 0 aromatic carbocycles. The number of aromatic nitrogens is 2. The van der Waals surface area contributed by atoms with Crippen LogP contribution >= 0.6 is 11.8 Å². The van der Waals surface area contributed by atoms with Crippen LogP contribution in [0.1, 0.15) is 19.8 Å². The van der Waals surface area contributed by atoms with Crippen molar-refractivity contribution in [2.45, 2.75) is 30.5 Å². The molecular formula is C12H16N4OS. The van der Waals surface area contributed by atoms with Gasteiger partial charge in [0, 0.05) is 19.4 Å². The number of aryl methyl sites for hydroxylation is 1. The minimum Gasteiger partial charge on any atom is -0.337 e. The number of amides is 1. The number of rotatable bonds is 5. The van der Waals surface area contributed by atoms with Crippen LogP contribution in [0.2, 0.25) is 0 Å². The lowest BCUT2D eigenvalue weighted by Gasteiger charge is -2.22. The van der Waals surface area contributed by atoms with Crippen molar-refractivity contribution in [1.29, 1.82) is 5.26 Å². The first-order valence-corrected chi connectivity index (χ1v) is 6.86. The van der Waals surface area contributed by atoms with Crippen LogP contribution in [-0.4, -0.2) is 26.8 Å². The summed E-state index contributed by atoms with van der Waals surface area (Å²) >= 11 is 1.38. The fourth-order valence-electron chi connectivity index (χ4n) is 1.83. The predicted molar refractivity (Wildman–Crippen MR) is 68.8 cm³/mol. The van der Waals surface area contributed by atoms with Crippen LogP contribution in [0.5, 0.6) is 0 Å². The van der Waals surface area contributed by atoms with Crippen LogP contribution in [0.25, 0.3) is 0 Å². The van der Waals surface area contributed by atoms with Crippen LogP contribution in [0.4, 0.5) is 0 Å². The van der Waals surface area contributed by atoms with Gasteiger partial charge in [-0.15, -0.1) is 0 Å². The molecule has 1 aromatic heterocycles. The van der Waals surface area contributed by atoms with E-state index >= 15 is 0 Å². The molecule has 0 bridgehead atoms. The molecule has 1 aromatic rings. The number of imidazole rings is 1. The molecule has 1 amide bonds. The molecule has 18 heavy (non-hydrogen) atoms. The number of thioether (sulfide) groups is 1. The zero-order valence-electron chi connectivity index (χ0n) is 10.5. The first-order valence-electron chi connectivity index (χ1n) is 5.87. The molecule has 96 valence electrons. The lowest BCUT2D eigenvalue weighted by molar-refractivity contribution is -0.119. The minimum atomic E-state index is -0.709. The second-order valence-corrected chi connectivity index (χ2v) is 5.69. The number of carbonyl (C=O) groups excluding carboxylic acids is 1. The third-order valence-corrected chi connectivity index (χ3v) is 4.19. The van der Waals surface area contributed by atoms with Gasteiger partial charge in [-0.3, -0.25) is 4.79 Å². The van der Waals surface area contributed by atoms with E-state index < -0.39 is 5.54 Å². The maximum Gasteiger partial charge on any atom is 0.231 e. The van der Waals surface area contributed by atoms with E-state index in [0.717, 1.165) is 18.0 Å². The van der Waals surface area contributed by atoms with Crippen molar-refractivity contribution < 1.29 is 4.79 Å². The fourth-order valence-corrected chi connectivity index (χ4v) is 2.56. The summed E-state index contributed by atoms with van der Waals surface area (Å²) in [5.41, 5.74) is -0.709. The van der Waals surface area contributed by atoms with E-state index in [0.29, 0.717) is 5.92 Å². The van der Waals surface area contributed by atoms with Crippen LogP contribution in [0, 0.1) is 17.2 Å². The molecule has 1 atom stereocenters. The molecule has 6 heteroatoms. The Morgan fingerprint density at radius 2 is 2.50 bits per heavy atom. The Hall–Kier alpha value is -1.48. The summed E-state index contributed by atoms with van der Waals surface area (Å²) in [6.07, 6.45) is 5.58. The number of carbonyl (C=O) groups is 1. The Morgan fingerprint density at radius 1 is 1.78 bits per heavy atom. The first-order chi connectivity index (χ1) is 8.55. The van der Waals surface area contributed by atoms with Crippen molar-refractivity contribution in [1.82, 2.24) is 14.9 Å². The lowest BCUT2D eigenvalue weighted by atomic mass is 9.98. The van der Waals surface area contributed by atoms with Gasteiger partial charge in [0.2, 0.25) is 5.91 Å². The van der Waals surface area contributed by atoms with E-state index in [1.807, 2.05) is 17.8 Å². The Balaban J connectivity index is 1.86. The minimum absolute atomic E-state index is 0.112. The van der Waals surface area contributed by atoms with Crippen molar-refractivity contribution in [3.8, 4) is 6.07 Å². The molecule has 1 saturated carbocycles. The third kappa shape index (κ3) is 2.85. The quantitative estimate of drug-likeness (QED) is 0.814. The average molecular weight is 264 g/mol. The second kappa shape index (κ2) is 5.02. The van der Waals surface area contributed by atoms with Crippen molar-refractivity contribution in [3.05, 3.63) is 12.4 Å². The molecular weight excluding hydrogens is 248 g/mol. The molecule has 1 heterocycles. The van der Waals surface area contributed by atoms with E-state index in [1.54, 1.807) is 13.1 Å². The molecule has 2 rings (SSSR count). The number of nitrogens with one attached hydrogen (secondary N) is 1. The Bertz CT molecular complexity index is 489. The maximum absolute atomic E-state index is 11.8. The SMILES string of the molecule is Cn1ccnc1SCC(=O)NC(C)(C#N)C1CC1. The van der Waals surface area contributed by atoms with Crippen LogP contribution in [0.15, 0.2) is 17.6 Å². The summed E-state index contributed by atoms with van der Waals surface area (Å²) < 4.78 is 1.86. The highest BCUT2D eigenvalue weighted by molar-refractivity contribution is 7.99. The molecule has 1 unspecified atom stereocenters. The topological polar surface area (TPSA) is 70.7 Å². The molecule has 0 radical (unpaired) electrons. The summed E-state index contributed by atoms with van der Waals surface area (Å²) in [5, 5.41) is 12.8. The highest BCUT2D eigenvalue weighted by atomic mass is 32.2. The third-order valence-electron chi connectivity index (χ3n) is 3.13. The lowest BCUT2D eigenvalue weighted by Crippen LogP contribution is -2.47. The smallest absolute Gasteiger partial charge is 0.231 e. The standard InChI is InChI=1S/C12H16N4OS/c1-12(8-13,9-3-4-9)15-10(17)7-18-11-14-5-6-16(11)2/h5-6,9H,3-4,7H2,1-2H3,(H,15,17). The number of hydrogen-bond acceptors (Lipinski definition) is 4. The van der Waals surface area contributed by atoms with E-state index in [1.165, 1.54) is 11.8 Å². The van der Waals surface area contributed by atoms with Gasteiger partial charge in [-0.25, -0.2) is 4.98 Å². The second-order valence-electron chi connectivity index (χ2n) is 4.75. The van der Waals surface area contributed by atoms with Crippen molar-refractivity contribution in [2.75, 3.05) is 5.75 Å². The van der Waals surface area contributed by atoms with E-state index in [-0.39, 0.29) is 11.7 Å². The van der Waals surface area contributed by atoms with E-state index in [9.17, 15) is 4.79 Å². The zero-order valence-corrected chi connectivity index (χ0v) is 11.3. The van der Waals surface area contributed by atoms with Crippen LogP contribution < -0.4 is 5.32 Å². The normalized spacial score (nSPS) is 17.8. The molecule has 0 aliphatic heterocycles. The van der Waals surface area contributed by atoms with Gasteiger partial charge in [0.15, 0.2) is 5.16 Å². The Labute approximate surface area is 111 Å². The Kier molecular flexibility index (Phi) is 3.62. The Morgan fingerprint density at radius 3 is 3.00 bits per heavy atom. The molecule has 1 aliphatic rings. The monoisotopic (exact) mass is 264 g/mol. The predicted octanol–water partition coefficient (Wildman–Crippen LogP) is 1.32. The molecule has 5 nitrogen and oxygen atoms in total. The highest BCUT2D eigenvalue weighted by Gasteiger charge is 2.42. The maximum atomic E-state index is 11.8. The average Bonchev–Trinajstić information content (AvgIpc) is 3.12. The van der Waals surface area contributed by atoms with E-state index in [2.05, 4.69) is 16.4 Å². The van der Waals surface area contributed by atoms with Gasteiger partial charge < -0.3 is 9.88 Å². The van der Waals surface area contributed by atoms with Crippen molar-refractivity contribution >= 4 is 17.7 Å². The number of hydrogen-bond donors (Lipinski definition) is 1. The summed E-state index contributed by atoms with van der Waals surface area (Å²) in [4.78, 5) is 16.0. The number of nitriles is 1. The molecule has 0 saturated heterocycles. The zero-order chi connectivity index (χ0) is 13.2. The van der Waals surface area contributed by atoms with Gasteiger partial charge in [-0.05, 0) is 25.7 Å². The van der Waals surface area contributed by atoms with Gasteiger partial charge in [0.1, 0.15) is 5.54 Å². The summed E-state index contributed by atoms with van der Waals surface area (Å²) in [6, 6.07) is 2.21. The van der Waals surface area contributed by atoms with Gasteiger partial charge in [-0.2, -0.15) is 5.26 Å². The summed E-state index contributed by atoms with van der Waals surface area (Å²) in [5.74, 6) is 0.484. The van der Waals surface area contributed by atoms with Gasteiger partial charge in [-0.1, -0.05) is 11.8 Å². The summed E-state index contributed by atoms with van der Waals surface area (Å²) in [6.45, 7) is 1.80. The fraction of sp³-hybridized carbons (Fsp3) is 0.583. The summed E-state index contributed by atoms with van der Waals surface area (Å²) in [7, 11) is 1.89. The molecule has 1 fully saturated rings. The highest BCUT2D eigenvalue weighted by Crippen LogP contribution is 2.39. The number of nitrogens with zero attached hydrogens (tertiary/aromatic N) is 3. The molecule has 1 N–H and O–H groups in total. The van der Waals surface area contributed by atoms with Gasteiger partial charge in [0.05, 0.1) is 11.8 Å². The molecule has 1 aliphatic carbocycles. The van der Waals surface area contributed by atoms with Crippen molar-refractivity contribution in [3.63, 3.8) is 0 Å². The van der Waals surface area contributed by atoms with Crippen LogP contribution in [-0.2, 0) is 11.8 Å². The first kappa shape index (κ1) is 13.0.